The van der Waals surface area contributed by atoms with Crippen molar-refractivity contribution in [1.82, 2.24) is 9.55 Å². The maximum atomic E-state index is 11.1. The van der Waals surface area contributed by atoms with E-state index in [1.807, 2.05) is 42.8 Å². The number of hydrogen-bond donors (Lipinski definition) is 1. The Hall–Kier alpha value is -2.10. The molecule has 0 saturated carbocycles. The highest BCUT2D eigenvalue weighted by molar-refractivity contribution is 5.76. The van der Waals surface area contributed by atoms with E-state index < -0.39 is 0 Å². The van der Waals surface area contributed by atoms with E-state index in [9.17, 15) is 4.79 Å². The molecule has 2 aromatic rings. The van der Waals surface area contributed by atoms with Crippen molar-refractivity contribution in [1.29, 1.82) is 0 Å². The molecule has 1 aromatic carbocycles. The molecule has 1 atom stereocenters. The SMILES string of the molecule is Cc1nccn1-c1cccc(CC(C)C(N)=O)c1. The van der Waals surface area contributed by atoms with Gasteiger partial charge in [-0.25, -0.2) is 4.98 Å². The minimum atomic E-state index is -0.265. The minimum Gasteiger partial charge on any atom is -0.369 e. The van der Waals surface area contributed by atoms with Crippen molar-refractivity contribution in [2.45, 2.75) is 20.3 Å². The van der Waals surface area contributed by atoms with Crippen LogP contribution in [0.4, 0.5) is 0 Å². The maximum absolute atomic E-state index is 11.1. The Morgan fingerprint density at radius 3 is 2.89 bits per heavy atom. The first-order valence-electron chi connectivity index (χ1n) is 5.96. The Bertz CT molecular complexity index is 560. The second-order valence-corrected chi connectivity index (χ2v) is 4.52. The zero-order valence-corrected chi connectivity index (χ0v) is 10.6. The van der Waals surface area contributed by atoms with Crippen LogP contribution in [-0.4, -0.2) is 15.5 Å². The van der Waals surface area contributed by atoms with Crippen LogP contribution in [0.25, 0.3) is 5.69 Å². The summed E-state index contributed by atoms with van der Waals surface area (Å²) in [7, 11) is 0. The highest BCUT2D eigenvalue weighted by Crippen LogP contribution is 2.15. The molecule has 0 fully saturated rings. The molecule has 1 unspecified atom stereocenters. The van der Waals surface area contributed by atoms with Crippen LogP contribution in [0.2, 0.25) is 0 Å². The number of rotatable bonds is 4. The predicted octanol–water partition coefficient (Wildman–Crippen LogP) is 1.84. The Labute approximate surface area is 106 Å². The average Bonchev–Trinajstić information content (AvgIpc) is 2.75. The van der Waals surface area contributed by atoms with Crippen LogP contribution < -0.4 is 5.73 Å². The van der Waals surface area contributed by atoms with Crippen LogP contribution in [0.5, 0.6) is 0 Å². The second kappa shape index (κ2) is 5.04. The fourth-order valence-corrected chi connectivity index (χ4v) is 1.94. The third-order valence-corrected chi connectivity index (χ3v) is 3.04. The number of nitrogens with two attached hydrogens (primary N) is 1. The van der Waals surface area contributed by atoms with Gasteiger partial charge in [0.15, 0.2) is 0 Å². The zero-order chi connectivity index (χ0) is 13.1. The van der Waals surface area contributed by atoms with E-state index in [4.69, 9.17) is 5.73 Å². The molecule has 2 N–H and O–H groups in total. The number of nitrogens with zero attached hydrogens (tertiary/aromatic N) is 2. The van der Waals surface area contributed by atoms with Gasteiger partial charge in [0, 0.05) is 24.0 Å². The van der Waals surface area contributed by atoms with E-state index >= 15 is 0 Å². The van der Waals surface area contributed by atoms with Crippen molar-refractivity contribution < 1.29 is 4.79 Å². The van der Waals surface area contributed by atoms with E-state index in [2.05, 4.69) is 11.1 Å². The lowest BCUT2D eigenvalue weighted by Crippen LogP contribution is -2.22. The number of carbonyl (C=O) groups excluding carboxylic acids is 1. The van der Waals surface area contributed by atoms with Crippen molar-refractivity contribution in [2.75, 3.05) is 0 Å². The van der Waals surface area contributed by atoms with Gasteiger partial charge in [0.2, 0.25) is 5.91 Å². The molecule has 2 rings (SSSR count). The molecule has 0 aliphatic rings. The van der Waals surface area contributed by atoms with Gasteiger partial charge in [0.25, 0.3) is 0 Å². The maximum Gasteiger partial charge on any atom is 0.220 e. The molecule has 1 amide bonds. The molecule has 0 radical (unpaired) electrons. The minimum absolute atomic E-state index is 0.149. The van der Waals surface area contributed by atoms with E-state index in [0.717, 1.165) is 17.1 Å². The standard InChI is InChI=1S/C14H17N3O/c1-10(14(15)18)8-12-4-3-5-13(9-12)17-7-6-16-11(17)2/h3-7,9-10H,8H2,1-2H3,(H2,15,18). The number of aryl methyl sites for hydroxylation is 1. The average molecular weight is 243 g/mol. The normalized spacial score (nSPS) is 12.3. The van der Waals surface area contributed by atoms with Gasteiger partial charge in [-0.05, 0) is 31.0 Å². The third-order valence-electron chi connectivity index (χ3n) is 3.04. The summed E-state index contributed by atoms with van der Waals surface area (Å²) in [6.07, 6.45) is 4.36. The second-order valence-electron chi connectivity index (χ2n) is 4.52. The molecule has 0 spiro atoms. The number of amides is 1. The number of primary amides is 1. The first kappa shape index (κ1) is 12.4. The summed E-state index contributed by atoms with van der Waals surface area (Å²) in [4.78, 5) is 15.3. The van der Waals surface area contributed by atoms with Gasteiger partial charge in [-0.2, -0.15) is 0 Å². The van der Waals surface area contributed by atoms with E-state index in [0.29, 0.717) is 6.42 Å². The Morgan fingerprint density at radius 1 is 1.50 bits per heavy atom. The fourth-order valence-electron chi connectivity index (χ4n) is 1.94. The van der Waals surface area contributed by atoms with Crippen LogP contribution in [0.3, 0.4) is 0 Å². The number of carbonyl (C=O) groups is 1. The highest BCUT2D eigenvalue weighted by Gasteiger charge is 2.10. The van der Waals surface area contributed by atoms with Crippen LogP contribution in [0.15, 0.2) is 36.7 Å². The number of aromatic nitrogens is 2. The van der Waals surface area contributed by atoms with E-state index in [1.165, 1.54) is 0 Å². The molecule has 1 aromatic heterocycles. The topological polar surface area (TPSA) is 60.9 Å². The lowest BCUT2D eigenvalue weighted by atomic mass is 10.0. The molecular formula is C14H17N3O. The van der Waals surface area contributed by atoms with Gasteiger partial charge >= 0.3 is 0 Å². The van der Waals surface area contributed by atoms with E-state index in [1.54, 1.807) is 6.20 Å². The fraction of sp³-hybridized carbons (Fsp3) is 0.286. The predicted molar refractivity (Wildman–Crippen MR) is 70.4 cm³/mol. The molecule has 1 heterocycles. The summed E-state index contributed by atoms with van der Waals surface area (Å²) >= 11 is 0. The largest absolute Gasteiger partial charge is 0.369 e. The summed E-state index contributed by atoms with van der Waals surface area (Å²) in [5.41, 5.74) is 7.44. The molecule has 4 nitrogen and oxygen atoms in total. The smallest absolute Gasteiger partial charge is 0.220 e. The lowest BCUT2D eigenvalue weighted by molar-refractivity contribution is -0.121. The van der Waals surface area contributed by atoms with Crippen LogP contribution in [-0.2, 0) is 11.2 Å². The van der Waals surface area contributed by atoms with Crippen LogP contribution in [0, 0.1) is 12.8 Å². The summed E-state index contributed by atoms with van der Waals surface area (Å²) in [5, 5.41) is 0. The summed E-state index contributed by atoms with van der Waals surface area (Å²) in [6.45, 7) is 3.80. The van der Waals surface area contributed by atoms with Gasteiger partial charge in [0.05, 0.1) is 0 Å². The molecule has 0 aliphatic heterocycles. The zero-order valence-electron chi connectivity index (χ0n) is 10.6. The quantitative estimate of drug-likeness (QED) is 0.890. The highest BCUT2D eigenvalue weighted by atomic mass is 16.1. The van der Waals surface area contributed by atoms with Crippen molar-refractivity contribution in [3.8, 4) is 5.69 Å². The summed E-state index contributed by atoms with van der Waals surface area (Å²) in [6, 6.07) is 8.08. The van der Waals surface area contributed by atoms with Crippen molar-refractivity contribution in [3.63, 3.8) is 0 Å². The Morgan fingerprint density at radius 2 is 2.28 bits per heavy atom. The van der Waals surface area contributed by atoms with Gasteiger partial charge in [-0.1, -0.05) is 19.1 Å². The Balaban J connectivity index is 2.26. The molecule has 94 valence electrons. The first-order chi connectivity index (χ1) is 8.58. The molecule has 4 heteroatoms. The Kier molecular flexibility index (Phi) is 3.46. The van der Waals surface area contributed by atoms with Crippen molar-refractivity contribution in [2.24, 2.45) is 11.7 Å². The van der Waals surface area contributed by atoms with Crippen LogP contribution in [0.1, 0.15) is 18.3 Å². The van der Waals surface area contributed by atoms with Crippen LogP contribution >= 0.6 is 0 Å². The molecule has 18 heavy (non-hydrogen) atoms. The molecule has 0 bridgehead atoms. The monoisotopic (exact) mass is 243 g/mol. The van der Waals surface area contributed by atoms with Crippen molar-refractivity contribution in [3.05, 3.63) is 48.0 Å². The summed E-state index contributed by atoms with van der Waals surface area (Å²) < 4.78 is 2.01. The van der Waals surface area contributed by atoms with E-state index in [-0.39, 0.29) is 11.8 Å². The van der Waals surface area contributed by atoms with Crippen molar-refractivity contribution >= 4 is 5.91 Å². The number of benzene rings is 1. The number of imidazole rings is 1. The third kappa shape index (κ3) is 2.59. The summed E-state index contributed by atoms with van der Waals surface area (Å²) in [5.74, 6) is 0.526. The molecular weight excluding hydrogens is 226 g/mol. The van der Waals surface area contributed by atoms with Gasteiger partial charge in [-0.3, -0.25) is 4.79 Å². The van der Waals surface area contributed by atoms with Gasteiger partial charge < -0.3 is 10.3 Å². The number of hydrogen-bond acceptors (Lipinski definition) is 2. The lowest BCUT2D eigenvalue weighted by Gasteiger charge is -2.10. The van der Waals surface area contributed by atoms with Gasteiger partial charge in [-0.15, -0.1) is 0 Å². The van der Waals surface area contributed by atoms with Gasteiger partial charge in [0.1, 0.15) is 5.82 Å². The first-order valence-corrected chi connectivity index (χ1v) is 5.96. The molecule has 0 saturated heterocycles. The molecule has 0 aliphatic carbocycles.